The molecular formula is C14H19N3O3. The number of aromatic nitrogens is 2. The van der Waals surface area contributed by atoms with Gasteiger partial charge in [0.05, 0.1) is 24.8 Å². The second-order valence-electron chi connectivity index (χ2n) is 4.40. The van der Waals surface area contributed by atoms with Crippen molar-refractivity contribution < 1.29 is 14.3 Å². The summed E-state index contributed by atoms with van der Waals surface area (Å²) in [5.74, 6) is 0.460. The summed E-state index contributed by atoms with van der Waals surface area (Å²) in [6.07, 6.45) is 0.993. The molecule has 0 aliphatic carbocycles. The van der Waals surface area contributed by atoms with Crippen LogP contribution in [0.1, 0.15) is 19.8 Å². The van der Waals surface area contributed by atoms with Crippen molar-refractivity contribution in [2.45, 2.75) is 26.3 Å². The van der Waals surface area contributed by atoms with Crippen molar-refractivity contribution in [2.75, 3.05) is 13.7 Å². The molecule has 1 heterocycles. The molecule has 0 saturated heterocycles. The summed E-state index contributed by atoms with van der Waals surface area (Å²) in [5, 5.41) is 0. The lowest BCUT2D eigenvalue weighted by atomic mass is 10.2. The lowest BCUT2D eigenvalue weighted by Gasteiger charge is -2.08. The summed E-state index contributed by atoms with van der Waals surface area (Å²) in [4.78, 5) is 15.3. The van der Waals surface area contributed by atoms with E-state index in [1.807, 2.05) is 29.7 Å². The van der Waals surface area contributed by atoms with Crippen LogP contribution < -0.4 is 15.2 Å². The van der Waals surface area contributed by atoms with Crippen LogP contribution in [0.3, 0.4) is 0 Å². The van der Waals surface area contributed by atoms with Crippen molar-refractivity contribution in [1.82, 2.24) is 9.55 Å². The third kappa shape index (κ3) is 3.01. The highest BCUT2D eigenvalue weighted by Gasteiger charge is 2.12. The van der Waals surface area contributed by atoms with E-state index >= 15 is 0 Å². The van der Waals surface area contributed by atoms with Gasteiger partial charge in [0.25, 0.3) is 6.01 Å². The van der Waals surface area contributed by atoms with E-state index in [1.165, 1.54) is 0 Å². The number of amides is 1. The Hall–Kier alpha value is -2.24. The zero-order valence-electron chi connectivity index (χ0n) is 11.8. The number of hydrogen-bond acceptors (Lipinski definition) is 4. The molecule has 6 heteroatoms. The van der Waals surface area contributed by atoms with Gasteiger partial charge in [0.15, 0.2) is 0 Å². The van der Waals surface area contributed by atoms with Gasteiger partial charge in [0.1, 0.15) is 5.75 Å². The van der Waals surface area contributed by atoms with Gasteiger partial charge in [-0.2, -0.15) is 4.98 Å². The van der Waals surface area contributed by atoms with E-state index < -0.39 is 0 Å². The maximum absolute atomic E-state index is 10.8. The Morgan fingerprint density at radius 1 is 1.45 bits per heavy atom. The number of imidazole rings is 1. The predicted octanol–water partition coefficient (Wildman–Crippen LogP) is 1.71. The largest absolute Gasteiger partial charge is 0.497 e. The van der Waals surface area contributed by atoms with E-state index in [0.29, 0.717) is 32.0 Å². The number of fused-ring (bicyclic) bond motifs is 1. The first-order valence-electron chi connectivity index (χ1n) is 6.61. The van der Waals surface area contributed by atoms with Crippen LogP contribution in [0.15, 0.2) is 18.2 Å². The van der Waals surface area contributed by atoms with E-state index in [2.05, 4.69) is 4.98 Å². The van der Waals surface area contributed by atoms with Gasteiger partial charge >= 0.3 is 0 Å². The van der Waals surface area contributed by atoms with Gasteiger partial charge in [0.2, 0.25) is 5.91 Å². The average Bonchev–Trinajstić information content (AvgIpc) is 2.76. The highest BCUT2D eigenvalue weighted by molar-refractivity contribution is 5.78. The van der Waals surface area contributed by atoms with E-state index in [9.17, 15) is 4.79 Å². The third-order valence-electron chi connectivity index (χ3n) is 3.00. The van der Waals surface area contributed by atoms with Gasteiger partial charge in [-0.1, -0.05) is 0 Å². The minimum atomic E-state index is -0.301. The molecule has 0 bridgehead atoms. The van der Waals surface area contributed by atoms with Crippen LogP contribution in [-0.2, 0) is 11.3 Å². The smallest absolute Gasteiger partial charge is 0.297 e. The van der Waals surface area contributed by atoms with Crippen LogP contribution in [0.2, 0.25) is 0 Å². The van der Waals surface area contributed by atoms with Crippen molar-refractivity contribution in [1.29, 1.82) is 0 Å². The minimum Gasteiger partial charge on any atom is -0.497 e. The highest BCUT2D eigenvalue weighted by atomic mass is 16.5. The standard InChI is InChI=1S/C14H19N3O3/c1-3-20-14-16-11-7-6-10(19-2)9-12(11)17(14)8-4-5-13(15)18/h6-7,9H,3-5,8H2,1-2H3,(H2,15,18). The zero-order chi connectivity index (χ0) is 14.5. The van der Waals surface area contributed by atoms with Crippen molar-refractivity contribution >= 4 is 16.9 Å². The van der Waals surface area contributed by atoms with Crippen LogP contribution >= 0.6 is 0 Å². The lowest BCUT2D eigenvalue weighted by molar-refractivity contribution is -0.118. The molecule has 0 aliphatic rings. The molecule has 2 rings (SSSR count). The number of nitrogens with two attached hydrogens (primary N) is 1. The SMILES string of the molecule is CCOc1nc2ccc(OC)cc2n1CCCC(N)=O. The molecule has 0 saturated carbocycles. The topological polar surface area (TPSA) is 79.4 Å². The molecular weight excluding hydrogens is 258 g/mol. The first-order chi connectivity index (χ1) is 9.65. The Kier molecular flexibility index (Phi) is 4.45. The minimum absolute atomic E-state index is 0.301. The fourth-order valence-corrected chi connectivity index (χ4v) is 2.07. The van der Waals surface area contributed by atoms with Crippen LogP contribution in [-0.4, -0.2) is 29.2 Å². The number of rotatable bonds is 7. The first-order valence-corrected chi connectivity index (χ1v) is 6.61. The fourth-order valence-electron chi connectivity index (χ4n) is 2.07. The summed E-state index contributed by atoms with van der Waals surface area (Å²) in [5.41, 5.74) is 6.94. The Labute approximate surface area is 117 Å². The maximum atomic E-state index is 10.8. The predicted molar refractivity (Wildman–Crippen MR) is 75.9 cm³/mol. The average molecular weight is 277 g/mol. The number of primary amides is 1. The monoisotopic (exact) mass is 277 g/mol. The number of methoxy groups -OCH3 is 1. The number of ether oxygens (including phenoxy) is 2. The van der Waals surface area contributed by atoms with Crippen LogP contribution in [0.5, 0.6) is 11.8 Å². The number of nitrogens with zero attached hydrogens (tertiary/aromatic N) is 2. The normalized spacial score (nSPS) is 10.7. The van der Waals surface area contributed by atoms with E-state index in [4.69, 9.17) is 15.2 Å². The van der Waals surface area contributed by atoms with Crippen LogP contribution in [0.25, 0.3) is 11.0 Å². The summed E-state index contributed by atoms with van der Waals surface area (Å²) in [6, 6.07) is 6.22. The number of hydrogen-bond donors (Lipinski definition) is 1. The molecule has 1 aromatic carbocycles. The molecule has 2 N–H and O–H groups in total. The molecule has 1 aromatic heterocycles. The summed E-state index contributed by atoms with van der Waals surface area (Å²) in [6.45, 7) is 3.08. The number of carbonyl (C=O) groups is 1. The molecule has 0 unspecified atom stereocenters. The van der Waals surface area contributed by atoms with Gasteiger partial charge < -0.3 is 15.2 Å². The van der Waals surface area contributed by atoms with Gasteiger partial charge in [-0.05, 0) is 25.5 Å². The van der Waals surface area contributed by atoms with Crippen molar-refractivity contribution in [3.05, 3.63) is 18.2 Å². The Morgan fingerprint density at radius 2 is 2.25 bits per heavy atom. The molecule has 0 fully saturated rings. The number of aryl methyl sites for hydroxylation is 1. The van der Waals surface area contributed by atoms with Crippen molar-refractivity contribution in [2.24, 2.45) is 5.73 Å². The van der Waals surface area contributed by atoms with E-state index in [0.717, 1.165) is 16.8 Å². The quantitative estimate of drug-likeness (QED) is 0.835. The van der Waals surface area contributed by atoms with Gasteiger partial charge in [0, 0.05) is 19.0 Å². The molecule has 20 heavy (non-hydrogen) atoms. The summed E-state index contributed by atoms with van der Waals surface area (Å²) in [7, 11) is 1.62. The van der Waals surface area contributed by atoms with Crippen LogP contribution in [0, 0.1) is 0 Å². The number of benzene rings is 1. The molecule has 0 aliphatic heterocycles. The molecule has 0 radical (unpaired) electrons. The molecule has 1 amide bonds. The molecule has 6 nitrogen and oxygen atoms in total. The van der Waals surface area contributed by atoms with Gasteiger partial charge in [-0.3, -0.25) is 9.36 Å². The summed E-state index contributed by atoms with van der Waals surface area (Å²) >= 11 is 0. The zero-order valence-corrected chi connectivity index (χ0v) is 11.8. The third-order valence-corrected chi connectivity index (χ3v) is 3.00. The highest BCUT2D eigenvalue weighted by Crippen LogP contribution is 2.26. The first kappa shape index (κ1) is 14.2. The Bertz CT molecular complexity index is 607. The van der Waals surface area contributed by atoms with Gasteiger partial charge in [-0.25, -0.2) is 0 Å². The van der Waals surface area contributed by atoms with Crippen molar-refractivity contribution in [3.63, 3.8) is 0 Å². The molecule has 108 valence electrons. The number of carbonyl (C=O) groups excluding carboxylic acids is 1. The lowest BCUT2D eigenvalue weighted by Crippen LogP contribution is -2.12. The van der Waals surface area contributed by atoms with Crippen molar-refractivity contribution in [3.8, 4) is 11.8 Å². The Morgan fingerprint density at radius 3 is 2.90 bits per heavy atom. The Balaban J connectivity index is 2.35. The van der Waals surface area contributed by atoms with E-state index in [1.54, 1.807) is 7.11 Å². The second-order valence-corrected chi connectivity index (χ2v) is 4.40. The summed E-state index contributed by atoms with van der Waals surface area (Å²) < 4.78 is 12.7. The maximum Gasteiger partial charge on any atom is 0.297 e. The van der Waals surface area contributed by atoms with E-state index in [-0.39, 0.29) is 5.91 Å². The molecule has 0 spiro atoms. The fraction of sp³-hybridized carbons (Fsp3) is 0.429. The van der Waals surface area contributed by atoms with Gasteiger partial charge in [-0.15, -0.1) is 0 Å². The molecule has 2 aromatic rings. The molecule has 0 atom stereocenters. The van der Waals surface area contributed by atoms with Crippen LogP contribution in [0.4, 0.5) is 0 Å². The second kappa shape index (κ2) is 6.27.